The van der Waals surface area contributed by atoms with Crippen molar-refractivity contribution in [2.45, 2.75) is 6.18 Å². The van der Waals surface area contributed by atoms with Crippen molar-refractivity contribution in [1.82, 2.24) is 9.99 Å². The highest BCUT2D eigenvalue weighted by Gasteiger charge is 2.30. The van der Waals surface area contributed by atoms with Crippen LogP contribution in [0.4, 0.5) is 18.9 Å². The molecule has 0 radical (unpaired) electrons. The standard InChI is InChI=1S/C19H15ClF3N3O2/c1-28-17-11-16(26-7-2-3-8-26)15(20)10-14(17)18(27)25-24-13-6-4-5-12(9-13)19(21,22)23/h2-11,24H,1H3,(H,25,27). The van der Waals surface area contributed by atoms with E-state index in [2.05, 4.69) is 10.9 Å². The van der Waals surface area contributed by atoms with Crippen LogP contribution < -0.4 is 15.6 Å². The van der Waals surface area contributed by atoms with Gasteiger partial charge in [0.15, 0.2) is 0 Å². The van der Waals surface area contributed by atoms with Crippen molar-refractivity contribution in [3.63, 3.8) is 0 Å². The van der Waals surface area contributed by atoms with Crippen molar-refractivity contribution in [1.29, 1.82) is 0 Å². The largest absolute Gasteiger partial charge is 0.496 e. The van der Waals surface area contributed by atoms with E-state index < -0.39 is 17.6 Å². The average Bonchev–Trinajstić information content (AvgIpc) is 3.20. The number of aromatic nitrogens is 1. The van der Waals surface area contributed by atoms with Crippen LogP contribution in [0.2, 0.25) is 5.02 Å². The Hall–Kier alpha value is -3.13. The molecule has 2 aromatic carbocycles. The van der Waals surface area contributed by atoms with Gasteiger partial charge in [0, 0.05) is 18.5 Å². The molecule has 0 saturated heterocycles. The minimum atomic E-state index is -4.48. The lowest BCUT2D eigenvalue weighted by Gasteiger charge is -2.15. The number of nitrogens with zero attached hydrogens (tertiary/aromatic N) is 1. The van der Waals surface area contributed by atoms with Gasteiger partial charge in [-0.25, -0.2) is 0 Å². The number of nitrogens with one attached hydrogen (secondary N) is 2. The first-order chi connectivity index (χ1) is 13.3. The monoisotopic (exact) mass is 409 g/mol. The number of benzene rings is 2. The van der Waals surface area contributed by atoms with Crippen molar-refractivity contribution >= 4 is 23.2 Å². The third-order valence-corrected chi connectivity index (χ3v) is 4.21. The van der Waals surface area contributed by atoms with Crippen LogP contribution in [-0.2, 0) is 6.18 Å². The molecule has 0 spiro atoms. The molecule has 0 atom stereocenters. The summed E-state index contributed by atoms with van der Waals surface area (Å²) in [6.45, 7) is 0. The Balaban J connectivity index is 1.80. The number of carbonyl (C=O) groups excluding carboxylic acids is 1. The van der Waals surface area contributed by atoms with E-state index in [0.29, 0.717) is 10.7 Å². The SMILES string of the molecule is COc1cc(-n2cccc2)c(Cl)cc1C(=O)NNc1cccc(C(F)(F)F)c1. The molecule has 0 aliphatic carbocycles. The molecule has 3 aromatic rings. The number of hydrogen-bond acceptors (Lipinski definition) is 3. The molecule has 0 aliphatic heterocycles. The highest BCUT2D eigenvalue weighted by Crippen LogP contribution is 2.31. The molecule has 28 heavy (non-hydrogen) atoms. The van der Waals surface area contributed by atoms with E-state index in [1.165, 1.54) is 25.3 Å². The van der Waals surface area contributed by atoms with Crippen molar-refractivity contribution in [2.24, 2.45) is 0 Å². The second-order valence-corrected chi connectivity index (χ2v) is 6.16. The van der Waals surface area contributed by atoms with Gasteiger partial charge < -0.3 is 9.30 Å². The molecule has 5 nitrogen and oxygen atoms in total. The predicted molar refractivity (Wildman–Crippen MR) is 99.9 cm³/mol. The Kier molecular flexibility index (Phi) is 5.51. The Morgan fingerprint density at radius 2 is 1.82 bits per heavy atom. The molecule has 9 heteroatoms. The molecule has 0 saturated carbocycles. The van der Waals surface area contributed by atoms with E-state index in [9.17, 15) is 18.0 Å². The number of hydrazine groups is 1. The van der Waals surface area contributed by atoms with Crippen LogP contribution in [0.1, 0.15) is 15.9 Å². The Morgan fingerprint density at radius 3 is 2.46 bits per heavy atom. The number of ether oxygens (including phenoxy) is 1. The summed E-state index contributed by atoms with van der Waals surface area (Å²) in [4.78, 5) is 12.5. The molecule has 0 fully saturated rings. The quantitative estimate of drug-likeness (QED) is 0.588. The van der Waals surface area contributed by atoms with Crippen LogP contribution in [0.25, 0.3) is 5.69 Å². The van der Waals surface area contributed by atoms with Crippen molar-refractivity contribution in [3.8, 4) is 11.4 Å². The molecule has 146 valence electrons. The highest BCUT2D eigenvalue weighted by atomic mass is 35.5. The van der Waals surface area contributed by atoms with Gasteiger partial charge in [-0.3, -0.25) is 15.6 Å². The molecule has 2 N–H and O–H groups in total. The van der Waals surface area contributed by atoms with E-state index >= 15 is 0 Å². The summed E-state index contributed by atoms with van der Waals surface area (Å²) in [5.74, 6) is -0.355. The molecular weight excluding hydrogens is 395 g/mol. The normalized spacial score (nSPS) is 11.2. The first kappa shape index (κ1) is 19.6. The van der Waals surface area contributed by atoms with Gasteiger partial charge in [0.2, 0.25) is 0 Å². The van der Waals surface area contributed by atoms with Crippen LogP contribution in [0.15, 0.2) is 60.9 Å². The lowest BCUT2D eigenvalue weighted by molar-refractivity contribution is -0.137. The fourth-order valence-corrected chi connectivity index (χ4v) is 2.81. The number of rotatable bonds is 5. The number of alkyl halides is 3. The topological polar surface area (TPSA) is 55.3 Å². The molecule has 1 aromatic heterocycles. The molecule has 0 unspecified atom stereocenters. The zero-order valence-electron chi connectivity index (χ0n) is 14.5. The maximum absolute atomic E-state index is 12.8. The molecule has 0 bridgehead atoms. The zero-order valence-corrected chi connectivity index (χ0v) is 15.3. The number of anilines is 1. The highest BCUT2D eigenvalue weighted by molar-refractivity contribution is 6.33. The molecule has 3 rings (SSSR count). The zero-order chi connectivity index (χ0) is 20.3. The van der Waals surface area contributed by atoms with E-state index in [-0.39, 0.29) is 17.0 Å². The van der Waals surface area contributed by atoms with E-state index in [1.807, 2.05) is 12.1 Å². The number of hydrogen-bond donors (Lipinski definition) is 2. The van der Waals surface area contributed by atoms with Gasteiger partial charge in [-0.15, -0.1) is 0 Å². The summed E-state index contributed by atoms with van der Waals surface area (Å²) >= 11 is 6.28. The minimum absolute atomic E-state index is 0.0807. The molecule has 1 amide bonds. The van der Waals surface area contributed by atoms with Gasteiger partial charge in [0.05, 0.1) is 34.6 Å². The van der Waals surface area contributed by atoms with E-state index in [1.54, 1.807) is 23.0 Å². The summed E-state index contributed by atoms with van der Waals surface area (Å²) in [5.41, 5.74) is 4.81. The average molecular weight is 410 g/mol. The smallest absolute Gasteiger partial charge is 0.416 e. The molecule has 0 aliphatic rings. The van der Waals surface area contributed by atoms with Gasteiger partial charge in [-0.1, -0.05) is 17.7 Å². The second-order valence-electron chi connectivity index (χ2n) is 5.75. The maximum Gasteiger partial charge on any atom is 0.416 e. The number of carbonyl (C=O) groups is 1. The number of methoxy groups -OCH3 is 1. The number of halogens is 4. The van der Waals surface area contributed by atoms with E-state index in [4.69, 9.17) is 16.3 Å². The van der Waals surface area contributed by atoms with Gasteiger partial charge in [-0.2, -0.15) is 13.2 Å². The van der Waals surface area contributed by atoms with Crippen LogP contribution >= 0.6 is 11.6 Å². The molecule has 1 heterocycles. The third kappa shape index (κ3) is 4.23. The van der Waals surface area contributed by atoms with Crippen LogP contribution in [0, 0.1) is 0 Å². The summed E-state index contributed by atoms with van der Waals surface area (Å²) in [6.07, 6.45) is -0.905. The van der Waals surface area contributed by atoms with Crippen molar-refractivity contribution < 1.29 is 22.7 Å². The van der Waals surface area contributed by atoms with E-state index in [0.717, 1.165) is 12.1 Å². The van der Waals surface area contributed by atoms with Crippen molar-refractivity contribution in [2.75, 3.05) is 12.5 Å². The predicted octanol–water partition coefficient (Wildman–Crippen LogP) is 4.92. The lowest BCUT2D eigenvalue weighted by Crippen LogP contribution is -2.30. The fourth-order valence-electron chi connectivity index (χ4n) is 2.55. The Morgan fingerprint density at radius 1 is 1.11 bits per heavy atom. The summed E-state index contributed by atoms with van der Waals surface area (Å²) in [7, 11) is 1.40. The third-order valence-electron chi connectivity index (χ3n) is 3.91. The van der Waals surface area contributed by atoms with Crippen LogP contribution in [0.3, 0.4) is 0 Å². The second kappa shape index (κ2) is 7.85. The number of amides is 1. The first-order valence-corrected chi connectivity index (χ1v) is 8.42. The van der Waals surface area contributed by atoms with Crippen molar-refractivity contribution in [3.05, 3.63) is 77.1 Å². The fraction of sp³-hybridized carbons (Fsp3) is 0.105. The van der Waals surface area contributed by atoms with Gasteiger partial charge in [0.25, 0.3) is 5.91 Å². The minimum Gasteiger partial charge on any atom is -0.496 e. The maximum atomic E-state index is 12.8. The summed E-state index contributed by atoms with van der Waals surface area (Å²) < 4.78 is 45.4. The first-order valence-electron chi connectivity index (χ1n) is 8.04. The summed E-state index contributed by atoms with van der Waals surface area (Å²) in [6, 6.07) is 11.1. The lowest BCUT2D eigenvalue weighted by atomic mass is 10.1. The van der Waals surface area contributed by atoms with Gasteiger partial charge >= 0.3 is 6.18 Å². The Bertz CT molecular complexity index is 989. The van der Waals surface area contributed by atoms with Gasteiger partial charge in [-0.05, 0) is 36.4 Å². The van der Waals surface area contributed by atoms with Crippen LogP contribution in [-0.4, -0.2) is 17.6 Å². The Labute approximate surface area is 163 Å². The molecular formula is C19H15ClF3N3O2. The van der Waals surface area contributed by atoms with Crippen LogP contribution in [0.5, 0.6) is 5.75 Å². The van der Waals surface area contributed by atoms with Gasteiger partial charge in [0.1, 0.15) is 5.75 Å². The summed E-state index contributed by atoms with van der Waals surface area (Å²) in [5, 5.41) is 0.307.